The predicted molar refractivity (Wildman–Crippen MR) is 82.7 cm³/mol. The number of benzene rings is 2. The lowest BCUT2D eigenvalue weighted by Gasteiger charge is -2.10. The van der Waals surface area contributed by atoms with E-state index in [4.69, 9.17) is 17.3 Å². The minimum Gasteiger partial charge on any atom is -0.397 e. The topological polar surface area (TPSA) is 72.2 Å². The molecule has 0 bridgehead atoms. The summed E-state index contributed by atoms with van der Waals surface area (Å²) in [7, 11) is -3.20. The standard InChI is InChI=1S/C14H14ClFN2O2S/c1-21(19,20)10-4-2-9(3-5-10)8-18-14-6-11(15)12(16)7-13(14)17/h2-7,18H,8,17H2,1H3. The van der Waals surface area contributed by atoms with Crippen molar-refractivity contribution in [3.63, 3.8) is 0 Å². The van der Waals surface area contributed by atoms with Crippen LogP contribution in [-0.4, -0.2) is 14.7 Å². The zero-order valence-electron chi connectivity index (χ0n) is 11.2. The second kappa shape index (κ2) is 5.91. The van der Waals surface area contributed by atoms with Gasteiger partial charge in [0, 0.05) is 18.9 Å². The molecule has 0 saturated heterocycles. The third-order valence-electron chi connectivity index (χ3n) is 2.93. The molecule has 2 aromatic carbocycles. The number of rotatable bonds is 4. The summed E-state index contributed by atoms with van der Waals surface area (Å²) in [5.74, 6) is -0.572. The van der Waals surface area contributed by atoms with E-state index in [1.165, 1.54) is 18.2 Å². The van der Waals surface area contributed by atoms with Crippen LogP contribution in [0, 0.1) is 5.82 Å². The average Bonchev–Trinajstić information content (AvgIpc) is 2.41. The second-order valence-electron chi connectivity index (χ2n) is 4.62. The van der Waals surface area contributed by atoms with Crippen molar-refractivity contribution in [2.75, 3.05) is 17.3 Å². The van der Waals surface area contributed by atoms with Crippen molar-refractivity contribution in [3.8, 4) is 0 Å². The van der Waals surface area contributed by atoms with Crippen molar-refractivity contribution in [3.05, 3.63) is 52.8 Å². The third-order valence-corrected chi connectivity index (χ3v) is 4.35. The number of hydrogen-bond donors (Lipinski definition) is 2. The molecule has 0 aliphatic rings. The fourth-order valence-corrected chi connectivity index (χ4v) is 2.56. The van der Waals surface area contributed by atoms with Crippen molar-refractivity contribution >= 4 is 32.8 Å². The van der Waals surface area contributed by atoms with E-state index < -0.39 is 15.7 Å². The minimum atomic E-state index is -3.20. The molecular weight excluding hydrogens is 315 g/mol. The van der Waals surface area contributed by atoms with Gasteiger partial charge in [-0.1, -0.05) is 23.7 Å². The SMILES string of the molecule is CS(=O)(=O)c1ccc(CNc2cc(Cl)c(F)cc2N)cc1. The Kier molecular flexibility index (Phi) is 4.39. The van der Waals surface area contributed by atoms with Crippen LogP contribution in [0.15, 0.2) is 41.3 Å². The highest BCUT2D eigenvalue weighted by molar-refractivity contribution is 7.90. The molecular formula is C14H14ClFN2O2S. The molecule has 3 N–H and O–H groups in total. The quantitative estimate of drug-likeness (QED) is 0.846. The summed E-state index contributed by atoms with van der Waals surface area (Å²) in [6.07, 6.45) is 1.15. The fraction of sp³-hybridized carbons (Fsp3) is 0.143. The molecule has 4 nitrogen and oxygen atoms in total. The molecule has 0 amide bonds. The Labute approximate surface area is 127 Å². The van der Waals surface area contributed by atoms with Crippen molar-refractivity contribution in [2.24, 2.45) is 0 Å². The van der Waals surface area contributed by atoms with Gasteiger partial charge in [0.05, 0.1) is 21.3 Å². The maximum atomic E-state index is 13.2. The van der Waals surface area contributed by atoms with Crippen LogP contribution in [-0.2, 0) is 16.4 Å². The van der Waals surface area contributed by atoms with E-state index in [-0.39, 0.29) is 15.6 Å². The smallest absolute Gasteiger partial charge is 0.175 e. The van der Waals surface area contributed by atoms with Crippen LogP contribution in [0.25, 0.3) is 0 Å². The molecule has 0 aromatic heterocycles. The minimum absolute atomic E-state index is 0.0147. The number of anilines is 2. The average molecular weight is 329 g/mol. The number of nitrogens with one attached hydrogen (secondary N) is 1. The Hall–Kier alpha value is -1.79. The monoisotopic (exact) mass is 328 g/mol. The maximum absolute atomic E-state index is 13.2. The van der Waals surface area contributed by atoms with E-state index >= 15 is 0 Å². The van der Waals surface area contributed by atoms with Gasteiger partial charge in [-0.15, -0.1) is 0 Å². The number of nitrogens with two attached hydrogens (primary N) is 1. The van der Waals surface area contributed by atoms with Crippen molar-refractivity contribution in [1.82, 2.24) is 0 Å². The number of hydrogen-bond acceptors (Lipinski definition) is 4. The van der Waals surface area contributed by atoms with E-state index in [2.05, 4.69) is 5.32 Å². The van der Waals surface area contributed by atoms with Gasteiger partial charge in [0.25, 0.3) is 0 Å². The summed E-state index contributed by atoms with van der Waals surface area (Å²) in [5, 5.41) is 3.02. The van der Waals surface area contributed by atoms with E-state index in [1.807, 2.05) is 0 Å². The van der Waals surface area contributed by atoms with Gasteiger partial charge >= 0.3 is 0 Å². The molecule has 0 radical (unpaired) electrons. The highest BCUT2D eigenvalue weighted by Gasteiger charge is 2.08. The molecule has 0 unspecified atom stereocenters. The van der Waals surface area contributed by atoms with Crippen LogP contribution in [0.3, 0.4) is 0 Å². The Morgan fingerprint density at radius 2 is 1.86 bits per heavy atom. The van der Waals surface area contributed by atoms with E-state index in [0.717, 1.165) is 17.9 Å². The highest BCUT2D eigenvalue weighted by atomic mass is 35.5. The first kappa shape index (κ1) is 15.6. The molecule has 0 fully saturated rings. The summed E-state index contributed by atoms with van der Waals surface area (Å²) in [6, 6.07) is 9.03. The predicted octanol–water partition coefficient (Wildman–Crippen LogP) is 3.08. The van der Waals surface area contributed by atoms with Crippen LogP contribution >= 0.6 is 11.6 Å². The number of halogens is 2. The van der Waals surface area contributed by atoms with Crippen molar-refractivity contribution < 1.29 is 12.8 Å². The largest absolute Gasteiger partial charge is 0.397 e. The van der Waals surface area contributed by atoms with E-state index in [0.29, 0.717) is 12.2 Å². The molecule has 0 aliphatic heterocycles. The molecule has 0 aliphatic carbocycles. The van der Waals surface area contributed by atoms with Gasteiger partial charge in [-0.3, -0.25) is 0 Å². The van der Waals surface area contributed by atoms with Gasteiger partial charge in [0.2, 0.25) is 0 Å². The summed E-state index contributed by atoms with van der Waals surface area (Å²) in [6.45, 7) is 0.413. The third kappa shape index (κ3) is 3.86. The number of sulfone groups is 1. The molecule has 0 heterocycles. The zero-order valence-corrected chi connectivity index (χ0v) is 12.8. The highest BCUT2D eigenvalue weighted by Crippen LogP contribution is 2.26. The first-order valence-corrected chi connectivity index (χ1v) is 8.31. The first-order valence-electron chi connectivity index (χ1n) is 6.05. The van der Waals surface area contributed by atoms with Crippen LogP contribution in [0.1, 0.15) is 5.56 Å². The molecule has 0 atom stereocenters. The lowest BCUT2D eigenvalue weighted by molar-refractivity contribution is 0.602. The van der Waals surface area contributed by atoms with Crippen LogP contribution in [0.5, 0.6) is 0 Å². The second-order valence-corrected chi connectivity index (χ2v) is 7.05. The van der Waals surface area contributed by atoms with Crippen LogP contribution in [0.2, 0.25) is 5.02 Å². The van der Waals surface area contributed by atoms with Gasteiger partial charge in [-0.25, -0.2) is 12.8 Å². The molecule has 0 spiro atoms. The normalized spacial score (nSPS) is 11.4. The Balaban J connectivity index is 2.12. The molecule has 2 rings (SSSR count). The summed E-state index contributed by atoms with van der Waals surface area (Å²) in [4.78, 5) is 0.260. The summed E-state index contributed by atoms with van der Waals surface area (Å²) >= 11 is 5.70. The van der Waals surface area contributed by atoms with Crippen molar-refractivity contribution in [2.45, 2.75) is 11.4 Å². The lowest BCUT2D eigenvalue weighted by Crippen LogP contribution is -2.04. The van der Waals surface area contributed by atoms with Gasteiger partial charge in [-0.2, -0.15) is 0 Å². The first-order chi connectivity index (χ1) is 9.77. The zero-order chi connectivity index (χ0) is 15.6. The van der Waals surface area contributed by atoms with Crippen LogP contribution in [0.4, 0.5) is 15.8 Å². The summed E-state index contributed by atoms with van der Waals surface area (Å²) < 4.78 is 35.9. The van der Waals surface area contributed by atoms with Crippen LogP contribution < -0.4 is 11.1 Å². The molecule has 7 heteroatoms. The maximum Gasteiger partial charge on any atom is 0.175 e. The van der Waals surface area contributed by atoms with Gasteiger partial charge in [0.15, 0.2) is 9.84 Å². The van der Waals surface area contributed by atoms with Gasteiger partial charge in [0.1, 0.15) is 5.82 Å². The Morgan fingerprint density at radius 3 is 2.43 bits per heavy atom. The molecule has 112 valence electrons. The fourth-order valence-electron chi connectivity index (χ4n) is 1.77. The lowest BCUT2D eigenvalue weighted by atomic mass is 10.2. The Morgan fingerprint density at radius 1 is 1.24 bits per heavy atom. The van der Waals surface area contributed by atoms with Crippen molar-refractivity contribution in [1.29, 1.82) is 0 Å². The number of nitrogen functional groups attached to an aromatic ring is 1. The Bertz CT molecular complexity index is 761. The van der Waals surface area contributed by atoms with Gasteiger partial charge < -0.3 is 11.1 Å². The van der Waals surface area contributed by atoms with E-state index in [1.54, 1.807) is 12.1 Å². The van der Waals surface area contributed by atoms with Gasteiger partial charge in [-0.05, 0) is 23.8 Å². The van der Waals surface area contributed by atoms with E-state index in [9.17, 15) is 12.8 Å². The molecule has 2 aromatic rings. The molecule has 0 saturated carbocycles. The molecule has 21 heavy (non-hydrogen) atoms. The summed E-state index contributed by atoms with van der Waals surface area (Å²) in [5.41, 5.74) is 7.33.